The van der Waals surface area contributed by atoms with Gasteiger partial charge in [0.2, 0.25) is 5.91 Å². The van der Waals surface area contributed by atoms with E-state index < -0.39 is 0 Å². The Balaban J connectivity index is 1.44. The van der Waals surface area contributed by atoms with Gasteiger partial charge in [-0.25, -0.2) is 0 Å². The molecule has 1 aliphatic heterocycles. The van der Waals surface area contributed by atoms with E-state index in [-0.39, 0.29) is 17.7 Å². The van der Waals surface area contributed by atoms with Crippen molar-refractivity contribution in [3.8, 4) is 0 Å². The third-order valence-electron chi connectivity index (χ3n) is 5.27. The van der Waals surface area contributed by atoms with Crippen molar-refractivity contribution < 1.29 is 14.0 Å². The molecule has 0 N–H and O–H groups in total. The molecule has 0 radical (unpaired) electrons. The molecule has 0 spiro atoms. The summed E-state index contributed by atoms with van der Waals surface area (Å²) in [5.41, 5.74) is 0.547. The molecular formula is C22H24N2O3S2. The summed E-state index contributed by atoms with van der Waals surface area (Å²) >= 11 is 3.40. The summed E-state index contributed by atoms with van der Waals surface area (Å²) in [5.74, 6) is -0.0535. The zero-order chi connectivity index (χ0) is 20.1. The first kappa shape index (κ1) is 19.9. The Bertz CT molecular complexity index is 904. The van der Waals surface area contributed by atoms with Crippen LogP contribution in [0.4, 0.5) is 0 Å². The van der Waals surface area contributed by atoms with Crippen LogP contribution in [-0.2, 0) is 17.8 Å². The highest BCUT2D eigenvalue weighted by atomic mass is 32.1. The molecule has 7 heteroatoms. The van der Waals surface area contributed by atoms with E-state index in [0.29, 0.717) is 31.7 Å². The van der Waals surface area contributed by atoms with Gasteiger partial charge in [0, 0.05) is 29.4 Å². The zero-order valence-corrected chi connectivity index (χ0v) is 17.8. The number of rotatable bonds is 7. The molecule has 0 aromatic carbocycles. The number of piperidine rings is 1. The Morgan fingerprint density at radius 3 is 2.62 bits per heavy atom. The van der Waals surface area contributed by atoms with Crippen molar-refractivity contribution in [1.29, 1.82) is 0 Å². The molecule has 152 valence electrons. The highest BCUT2D eigenvalue weighted by molar-refractivity contribution is 7.10. The lowest BCUT2D eigenvalue weighted by molar-refractivity contribution is -0.137. The first-order chi connectivity index (χ1) is 14.2. The fourth-order valence-corrected chi connectivity index (χ4v) is 5.17. The topological polar surface area (TPSA) is 53.8 Å². The molecule has 1 saturated heterocycles. The number of carbonyl (C=O) groups is 2. The van der Waals surface area contributed by atoms with Crippen LogP contribution in [-0.4, -0.2) is 41.2 Å². The van der Waals surface area contributed by atoms with Gasteiger partial charge in [-0.2, -0.15) is 0 Å². The minimum atomic E-state index is -0.150. The van der Waals surface area contributed by atoms with Gasteiger partial charge in [-0.1, -0.05) is 12.1 Å². The number of likely N-dealkylation sites (tertiary alicyclic amines) is 1. The SMILES string of the molecule is O=C(c1ccoc1)N1CCCC(C(=O)N(CCc2cccs2)Cc2cccs2)C1. The van der Waals surface area contributed by atoms with Gasteiger partial charge >= 0.3 is 0 Å². The predicted molar refractivity (Wildman–Crippen MR) is 115 cm³/mol. The number of furan rings is 1. The van der Waals surface area contributed by atoms with E-state index in [1.54, 1.807) is 33.6 Å². The lowest BCUT2D eigenvalue weighted by Gasteiger charge is -2.35. The van der Waals surface area contributed by atoms with Crippen LogP contribution in [0.3, 0.4) is 0 Å². The quantitative estimate of drug-likeness (QED) is 0.556. The summed E-state index contributed by atoms with van der Waals surface area (Å²) in [6.07, 6.45) is 5.51. The smallest absolute Gasteiger partial charge is 0.257 e. The van der Waals surface area contributed by atoms with Gasteiger partial charge in [0.15, 0.2) is 0 Å². The van der Waals surface area contributed by atoms with Crippen LogP contribution in [0.5, 0.6) is 0 Å². The molecule has 1 unspecified atom stereocenters. The first-order valence-electron chi connectivity index (χ1n) is 9.86. The number of thiophene rings is 2. The Hall–Kier alpha value is -2.38. The van der Waals surface area contributed by atoms with E-state index in [0.717, 1.165) is 19.3 Å². The van der Waals surface area contributed by atoms with Crippen molar-refractivity contribution in [3.63, 3.8) is 0 Å². The van der Waals surface area contributed by atoms with Crippen LogP contribution >= 0.6 is 22.7 Å². The average Bonchev–Trinajstić information content (AvgIpc) is 3.53. The number of hydrogen-bond donors (Lipinski definition) is 0. The van der Waals surface area contributed by atoms with E-state index in [1.165, 1.54) is 22.3 Å². The van der Waals surface area contributed by atoms with Crippen molar-refractivity contribution in [3.05, 3.63) is 68.9 Å². The van der Waals surface area contributed by atoms with Gasteiger partial charge in [-0.15, -0.1) is 22.7 Å². The van der Waals surface area contributed by atoms with Crippen LogP contribution in [0.1, 0.15) is 33.0 Å². The minimum Gasteiger partial charge on any atom is -0.472 e. The molecule has 3 aromatic heterocycles. The lowest BCUT2D eigenvalue weighted by Crippen LogP contribution is -2.47. The summed E-state index contributed by atoms with van der Waals surface area (Å²) in [6, 6.07) is 9.94. The van der Waals surface area contributed by atoms with Crippen molar-refractivity contribution in [2.75, 3.05) is 19.6 Å². The second-order valence-corrected chi connectivity index (χ2v) is 9.34. The summed E-state index contributed by atoms with van der Waals surface area (Å²) in [5, 5.41) is 4.12. The Labute approximate surface area is 178 Å². The lowest BCUT2D eigenvalue weighted by atomic mass is 9.95. The molecule has 1 atom stereocenters. The van der Waals surface area contributed by atoms with Gasteiger partial charge in [-0.05, 0) is 48.2 Å². The van der Waals surface area contributed by atoms with Gasteiger partial charge in [0.05, 0.1) is 24.3 Å². The van der Waals surface area contributed by atoms with Gasteiger partial charge < -0.3 is 14.2 Å². The van der Waals surface area contributed by atoms with Crippen LogP contribution in [0, 0.1) is 5.92 Å². The Morgan fingerprint density at radius 2 is 1.93 bits per heavy atom. The number of hydrogen-bond acceptors (Lipinski definition) is 5. The maximum atomic E-state index is 13.4. The summed E-state index contributed by atoms with van der Waals surface area (Å²) < 4.78 is 5.04. The van der Waals surface area contributed by atoms with Crippen molar-refractivity contribution in [2.24, 2.45) is 5.92 Å². The standard InChI is InChI=1S/C22H24N2O3S2/c25-21(17-4-1-9-23(14-17)22(26)18-8-11-27-16-18)24(15-20-6-3-13-29-20)10-7-19-5-2-12-28-19/h2-3,5-6,8,11-13,16-17H,1,4,7,9-10,14-15H2. The van der Waals surface area contributed by atoms with Gasteiger partial charge in [0.25, 0.3) is 5.91 Å². The molecular weight excluding hydrogens is 404 g/mol. The van der Waals surface area contributed by atoms with Crippen molar-refractivity contribution in [1.82, 2.24) is 9.80 Å². The highest BCUT2D eigenvalue weighted by Crippen LogP contribution is 2.23. The Kier molecular flexibility index (Phi) is 6.46. The monoisotopic (exact) mass is 428 g/mol. The average molecular weight is 429 g/mol. The first-order valence-corrected chi connectivity index (χ1v) is 11.6. The molecule has 3 aromatic rings. The normalized spacial score (nSPS) is 16.7. The molecule has 4 rings (SSSR count). The number of carbonyl (C=O) groups excluding carboxylic acids is 2. The maximum Gasteiger partial charge on any atom is 0.257 e. The molecule has 1 aliphatic rings. The number of amides is 2. The van der Waals surface area contributed by atoms with Gasteiger partial charge in [0.1, 0.15) is 6.26 Å². The van der Waals surface area contributed by atoms with E-state index in [9.17, 15) is 9.59 Å². The third-order valence-corrected chi connectivity index (χ3v) is 7.07. The fraction of sp³-hybridized carbons (Fsp3) is 0.364. The molecule has 0 saturated carbocycles. The van der Waals surface area contributed by atoms with E-state index >= 15 is 0 Å². The molecule has 29 heavy (non-hydrogen) atoms. The van der Waals surface area contributed by atoms with E-state index in [1.807, 2.05) is 22.4 Å². The van der Waals surface area contributed by atoms with Crippen LogP contribution in [0.2, 0.25) is 0 Å². The van der Waals surface area contributed by atoms with Crippen LogP contribution in [0.15, 0.2) is 58.0 Å². The van der Waals surface area contributed by atoms with Crippen LogP contribution < -0.4 is 0 Å². The largest absolute Gasteiger partial charge is 0.472 e. The maximum absolute atomic E-state index is 13.4. The Morgan fingerprint density at radius 1 is 1.14 bits per heavy atom. The summed E-state index contributed by atoms with van der Waals surface area (Å²) in [4.78, 5) is 32.3. The zero-order valence-electron chi connectivity index (χ0n) is 16.2. The molecule has 5 nitrogen and oxygen atoms in total. The van der Waals surface area contributed by atoms with Gasteiger partial charge in [-0.3, -0.25) is 9.59 Å². The summed E-state index contributed by atoms with van der Waals surface area (Å²) in [6.45, 7) is 2.49. The minimum absolute atomic E-state index is 0.0559. The fourth-order valence-electron chi connectivity index (χ4n) is 3.75. The van der Waals surface area contributed by atoms with E-state index in [2.05, 4.69) is 17.5 Å². The highest BCUT2D eigenvalue weighted by Gasteiger charge is 2.32. The molecule has 1 fully saturated rings. The van der Waals surface area contributed by atoms with Crippen molar-refractivity contribution >= 4 is 34.5 Å². The second kappa shape index (κ2) is 9.41. The second-order valence-electron chi connectivity index (χ2n) is 7.27. The number of nitrogens with zero attached hydrogens (tertiary/aromatic N) is 2. The third kappa shape index (κ3) is 4.97. The molecule has 4 heterocycles. The molecule has 0 bridgehead atoms. The van der Waals surface area contributed by atoms with Crippen LogP contribution in [0.25, 0.3) is 0 Å². The predicted octanol–water partition coefficient (Wildman–Crippen LogP) is 4.53. The summed E-state index contributed by atoms with van der Waals surface area (Å²) in [7, 11) is 0. The molecule has 0 aliphatic carbocycles. The van der Waals surface area contributed by atoms with E-state index in [4.69, 9.17) is 4.42 Å². The van der Waals surface area contributed by atoms with Crippen molar-refractivity contribution in [2.45, 2.75) is 25.8 Å². The molecule has 2 amide bonds.